The predicted octanol–water partition coefficient (Wildman–Crippen LogP) is 1.96. The van der Waals surface area contributed by atoms with Gasteiger partial charge in [-0.25, -0.2) is 0 Å². The third kappa shape index (κ3) is 2.92. The van der Waals surface area contributed by atoms with Gasteiger partial charge in [-0.2, -0.15) is 11.8 Å². The molecule has 1 aliphatic heterocycles. The van der Waals surface area contributed by atoms with Crippen LogP contribution in [0.1, 0.15) is 38.5 Å². The minimum atomic E-state index is -0.104. The van der Waals surface area contributed by atoms with Gasteiger partial charge in [0, 0.05) is 17.0 Å². The van der Waals surface area contributed by atoms with Gasteiger partial charge in [-0.05, 0) is 12.8 Å². The zero-order valence-corrected chi connectivity index (χ0v) is 10.7. The number of ether oxygens (including phenoxy) is 1. The van der Waals surface area contributed by atoms with Gasteiger partial charge in [-0.1, -0.05) is 25.7 Å². The first-order valence-electron chi connectivity index (χ1n) is 6.26. The second kappa shape index (κ2) is 5.92. The average molecular weight is 243 g/mol. The van der Waals surface area contributed by atoms with Crippen LogP contribution in [0.4, 0.5) is 0 Å². The third-order valence-electron chi connectivity index (χ3n) is 3.58. The minimum absolute atomic E-state index is 0.0873. The van der Waals surface area contributed by atoms with E-state index in [1.807, 2.05) is 11.8 Å². The van der Waals surface area contributed by atoms with E-state index in [1.165, 1.54) is 45.6 Å². The Morgan fingerprint density at radius 3 is 2.75 bits per heavy atom. The molecule has 3 nitrogen and oxygen atoms in total. The summed E-state index contributed by atoms with van der Waals surface area (Å²) in [6.07, 6.45) is 7.88. The van der Waals surface area contributed by atoms with E-state index in [9.17, 15) is 4.79 Å². The summed E-state index contributed by atoms with van der Waals surface area (Å²) in [5.41, 5.74) is 0. The molecule has 0 radical (unpaired) electrons. The molecule has 2 rings (SSSR count). The van der Waals surface area contributed by atoms with Crippen molar-refractivity contribution in [3.05, 3.63) is 0 Å². The fourth-order valence-electron chi connectivity index (χ4n) is 2.65. The summed E-state index contributed by atoms with van der Waals surface area (Å²) in [7, 11) is 1.47. The normalized spacial score (nSPS) is 35.7. The van der Waals surface area contributed by atoms with Crippen molar-refractivity contribution in [1.82, 2.24) is 5.32 Å². The molecule has 1 saturated carbocycles. The summed E-state index contributed by atoms with van der Waals surface area (Å²) < 4.78 is 4.81. The number of hydrogen-bond acceptors (Lipinski definition) is 4. The summed E-state index contributed by atoms with van der Waals surface area (Å²) in [4.78, 5) is 11.5. The molecule has 2 aliphatic rings. The molecule has 3 unspecified atom stereocenters. The topological polar surface area (TPSA) is 38.3 Å². The van der Waals surface area contributed by atoms with Crippen molar-refractivity contribution in [2.45, 2.75) is 55.9 Å². The number of fused-ring (bicyclic) bond motifs is 1. The summed E-state index contributed by atoms with van der Waals surface area (Å²) in [5.74, 6) is 0.765. The lowest BCUT2D eigenvalue weighted by molar-refractivity contribution is -0.142. The molecule has 0 aromatic rings. The smallest absolute Gasteiger partial charge is 0.323 e. The van der Waals surface area contributed by atoms with Crippen molar-refractivity contribution in [1.29, 1.82) is 0 Å². The molecule has 2 fully saturated rings. The lowest BCUT2D eigenvalue weighted by atomic mass is 9.95. The number of carbonyl (C=O) groups is 1. The molecule has 1 N–H and O–H groups in total. The maximum absolute atomic E-state index is 11.5. The zero-order chi connectivity index (χ0) is 11.4. The van der Waals surface area contributed by atoms with Crippen molar-refractivity contribution in [3.63, 3.8) is 0 Å². The Balaban J connectivity index is 1.92. The van der Waals surface area contributed by atoms with Gasteiger partial charge in [0.25, 0.3) is 0 Å². The van der Waals surface area contributed by atoms with Crippen molar-refractivity contribution in [2.75, 3.05) is 12.9 Å². The quantitative estimate of drug-likeness (QED) is 0.715. The number of nitrogens with one attached hydrogen (secondary N) is 1. The highest BCUT2D eigenvalue weighted by atomic mass is 32.2. The van der Waals surface area contributed by atoms with Crippen molar-refractivity contribution in [3.8, 4) is 0 Å². The Kier molecular flexibility index (Phi) is 4.53. The molecular formula is C12H21NO2S. The number of methoxy groups -OCH3 is 1. The molecule has 3 atom stereocenters. The molecule has 92 valence electrons. The Bertz CT molecular complexity index is 247. The van der Waals surface area contributed by atoms with Crippen LogP contribution in [0.3, 0.4) is 0 Å². The summed E-state index contributed by atoms with van der Waals surface area (Å²) in [6, 6.07) is 0.429. The lowest BCUT2D eigenvalue weighted by Crippen LogP contribution is -2.54. The van der Waals surface area contributed by atoms with Gasteiger partial charge in [0.05, 0.1) is 7.11 Å². The molecule has 16 heavy (non-hydrogen) atoms. The van der Waals surface area contributed by atoms with Crippen molar-refractivity contribution < 1.29 is 9.53 Å². The number of esters is 1. The number of rotatable bonds is 1. The maximum atomic E-state index is 11.5. The van der Waals surface area contributed by atoms with Crippen LogP contribution in [0, 0.1) is 0 Å². The Morgan fingerprint density at radius 2 is 2.00 bits per heavy atom. The van der Waals surface area contributed by atoms with Crippen LogP contribution < -0.4 is 5.32 Å². The highest BCUT2D eigenvalue weighted by Gasteiger charge is 2.34. The fourth-order valence-corrected chi connectivity index (χ4v) is 4.10. The van der Waals surface area contributed by atoms with Gasteiger partial charge < -0.3 is 4.74 Å². The molecule has 0 spiro atoms. The van der Waals surface area contributed by atoms with Crippen LogP contribution in [0.25, 0.3) is 0 Å². The number of hydrogen-bond donors (Lipinski definition) is 1. The molecule has 0 aromatic carbocycles. The molecule has 0 amide bonds. The SMILES string of the molecule is COC(=O)C1CSC2CCCCCCC2N1. The Labute approximate surface area is 102 Å². The fraction of sp³-hybridized carbons (Fsp3) is 0.917. The van der Waals surface area contributed by atoms with Crippen LogP contribution in [0.5, 0.6) is 0 Å². The number of thioether (sulfide) groups is 1. The van der Waals surface area contributed by atoms with Crippen LogP contribution in [-0.2, 0) is 9.53 Å². The van der Waals surface area contributed by atoms with E-state index in [0.717, 1.165) is 5.75 Å². The van der Waals surface area contributed by atoms with Crippen LogP contribution >= 0.6 is 11.8 Å². The van der Waals surface area contributed by atoms with E-state index in [0.29, 0.717) is 11.3 Å². The van der Waals surface area contributed by atoms with Gasteiger partial charge in [0.2, 0.25) is 0 Å². The van der Waals surface area contributed by atoms with Crippen molar-refractivity contribution >= 4 is 17.7 Å². The van der Waals surface area contributed by atoms with Crippen LogP contribution in [0.2, 0.25) is 0 Å². The van der Waals surface area contributed by atoms with E-state index >= 15 is 0 Å². The first-order valence-corrected chi connectivity index (χ1v) is 7.31. The second-order valence-electron chi connectivity index (χ2n) is 4.71. The predicted molar refractivity (Wildman–Crippen MR) is 66.7 cm³/mol. The van der Waals surface area contributed by atoms with Gasteiger partial charge in [-0.3, -0.25) is 10.1 Å². The summed E-state index contributed by atoms with van der Waals surface area (Å²) >= 11 is 1.96. The van der Waals surface area contributed by atoms with Gasteiger partial charge in [0.15, 0.2) is 0 Å². The standard InChI is InChI=1S/C12H21NO2S/c1-15-12(14)10-8-16-11-7-5-3-2-4-6-9(11)13-10/h9-11,13H,2-8H2,1H3. The Hall–Kier alpha value is -0.220. The summed E-state index contributed by atoms with van der Waals surface area (Å²) in [5, 5.41) is 4.19. The van der Waals surface area contributed by atoms with Gasteiger partial charge >= 0.3 is 5.97 Å². The van der Waals surface area contributed by atoms with Crippen molar-refractivity contribution in [2.24, 2.45) is 0 Å². The molecule has 0 bridgehead atoms. The highest BCUT2D eigenvalue weighted by molar-refractivity contribution is 8.00. The van der Waals surface area contributed by atoms with Gasteiger partial charge in [-0.15, -0.1) is 0 Å². The minimum Gasteiger partial charge on any atom is -0.468 e. The van der Waals surface area contributed by atoms with Crippen LogP contribution in [-0.4, -0.2) is 36.2 Å². The van der Waals surface area contributed by atoms with E-state index in [2.05, 4.69) is 5.32 Å². The monoisotopic (exact) mass is 243 g/mol. The maximum Gasteiger partial charge on any atom is 0.323 e. The third-order valence-corrected chi connectivity index (χ3v) is 5.10. The van der Waals surface area contributed by atoms with E-state index in [-0.39, 0.29) is 12.0 Å². The second-order valence-corrected chi connectivity index (χ2v) is 5.98. The van der Waals surface area contributed by atoms with E-state index < -0.39 is 0 Å². The molecule has 4 heteroatoms. The Morgan fingerprint density at radius 1 is 1.25 bits per heavy atom. The first-order chi connectivity index (χ1) is 7.81. The lowest BCUT2D eigenvalue weighted by Gasteiger charge is -2.37. The van der Waals surface area contributed by atoms with E-state index in [1.54, 1.807) is 0 Å². The largest absolute Gasteiger partial charge is 0.468 e. The molecule has 0 aromatic heterocycles. The van der Waals surface area contributed by atoms with Crippen LogP contribution in [0.15, 0.2) is 0 Å². The molecular weight excluding hydrogens is 222 g/mol. The first kappa shape index (κ1) is 12.2. The molecule has 1 aliphatic carbocycles. The van der Waals surface area contributed by atoms with E-state index in [4.69, 9.17) is 4.74 Å². The average Bonchev–Trinajstić information content (AvgIpc) is 2.28. The summed E-state index contributed by atoms with van der Waals surface area (Å²) in [6.45, 7) is 0. The zero-order valence-electron chi connectivity index (χ0n) is 9.91. The number of carbonyl (C=O) groups excluding carboxylic acids is 1. The molecule has 1 heterocycles. The molecule has 1 saturated heterocycles. The highest BCUT2D eigenvalue weighted by Crippen LogP contribution is 2.31. The van der Waals surface area contributed by atoms with Gasteiger partial charge in [0.1, 0.15) is 6.04 Å².